The number of phenols is 1. The number of nitrogens with one attached hydrogen (secondary N) is 1. The van der Waals surface area contributed by atoms with Gasteiger partial charge in [0, 0.05) is 37.6 Å². The summed E-state index contributed by atoms with van der Waals surface area (Å²) in [6, 6.07) is 12.3. The van der Waals surface area contributed by atoms with Crippen LogP contribution >= 0.6 is 0 Å². The Bertz CT molecular complexity index is 843. The molecule has 0 radical (unpaired) electrons. The van der Waals surface area contributed by atoms with Gasteiger partial charge in [0.25, 0.3) is 0 Å². The molecule has 0 spiro atoms. The van der Waals surface area contributed by atoms with Gasteiger partial charge in [-0.15, -0.1) is 0 Å². The quantitative estimate of drug-likeness (QED) is 0.771. The van der Waals surface area contributed by atoms with Crippen molar-refractivity contribution in [2.45, 2.75) is 6.92 Å². The standard InChI is InChI=1S/C21H25N3O4/c1-15-3-4-16(21(27)28-2)13-19(15)22-20(26)14-23-9-11-24(12-10-23)17-5-7-18(25)8-6-17/h3-8,13,25H,9-12,14H2,1-2H3,(H,22,26). The Morgan fingerprint density at radius 2 is 1.75 bits per heavy atom. The van der Waals surface area contributed by atoms with Gasteiger partial charge in [0.2, 0.25) is 5.91 Å². The first kappa shape index (κ1) is 19.7. The molecule has 1 aliphatic rings. The molecule has 1 saturated heterocycles. The first-order valence-corrected chi connectivity index (χ1v) is 9.21. The lowest BCUT2D eigenvalue weighted by Gasteiger charge is -2.35. The largest absolute Gasteiger partial charge is 0.508 e. The van der Waals surface area contributed by atoms with E-state index in [2.05, 4.69) is 15.1 Å². The number of piperazine rings is 1. The van der Waals surface area contributed by atoms with E-state index < -0.39 is 5.97 Å². The molecule has 1 fully saturated rings. The summed E-state index contributed by atoms with van der Waals surface area (Å²) in [5.41, 5.74) is 2.98. The van der Waals surface area contributed by atoms with Crippen molar-refractivity contribution in [2.24, 2.45) is 0 Å². The van der Waals surface area contributed by atoms with Gasteiger partial charge in [-0.1, -0.05) is 6.07 Å². The molecule has 0 atom stereocenters. The third kappa shape index (κ3) is 4.80. The Morgan fingerprint density at radius 1 is 1.07 bits per heavy atom. The Labute approximate surface area is 164 Å². The molecule has 1 amide bonds. The number of phenolic OH excluding ortho intramolecular Hbond substituents is 1. The van der Waals surface area contributed by atoms with Crippen molar-refractivity contribution in [3.8, 4) is 5.75 Å². The maximum absolute atomic E-state index is 12.5. The fraction of sp³-hybridized carbons (Fsp3) is 0.333. The number of ether oxygens (including phenoxy) is 1. The highest BCUT2D eigenvalue weighted by Crippen LogP contribution is 2.20. The summed E-state index contributed by atoms with van der Waals surface area (Å²) in [7, 11) is 1.33. The van der Waals surface area contributed by atoms with Crippen LogP contribution in [0, 0.1) is 6.92 Å². The van der Waals surface area contributed by atoms with E-state index in [1.807, 2.05) is 19.1 Å². The van der Waals surface area contributed by atoms with Crippen molar-refractivity contribution in [1.29, 1.82) is 0 Å². The van der Waals surface area contributed by atoms with E-state index in [0.29, 0.717) is 17.8 Å². The van der Waals surface area contributed by atoms with Crippen molar-refractivity contribution in [2.75, 3.05) is 50.1 Å². The lowest BCUT2D eigenvalue weighted by Crippen LogP contribution is -2.48. The average Bonchev–Trinajstić information content (AvgIpc) is 2.70. The fourth-order valence-electron chi connectivity index (χ4n) is 3.22. The Morgan fingerprint density at radius 3 is 2.39 bits per heavy atom. The molecular formula is C21H25N3O4. The van der Waals surface area contributed by atoms with E-state index in [1.54, 1.807) is 30.3 Å². The molecular weight excluding hydrogens is 358 g/mol. The number of amides is 1. The van der Waals surface area contributed by atoms with Crippen LogP contribution in [0.15, 0.2) is 42.5 Å². The number of carbonyl (C=O) groups is 2. The summed E-state index contributed by atoms with van der Waals surface area (Å²) >= 11 is 0. The molecule has 7 nitrogen and oxygen atoms in total. The first-order chi connectivity index (χ1) is 13.5. The zero-order valence-electron chi connectivity index (χ0n) is 16.1. The van der Waals surface area contributed by atoms with E-state index >= 15 is 0 Å². The third-order valence-electron chi connectivity index (χ3n) is 4.89. The van der Waals surface area contributed by atoms with Crippen LogP contribution < -0.4 is 10.2 Å². The molecule has 0 saturated carbocycles. The van der Waals surface area contributed by atoms with Gasteiger partial charge in [-0.3, -0.25) is 9.69 Å². The van der Waals surface area contributed by atoms with Crippen LogP contribution in [0.4, 0.5) is 11.4 Å². The SMILES string of the molecule is COC(=O)c1ccc(C)c(NC(=O)CN2CCN(c3ccc(O)cc3)CC2)c1. The van der Waals surface area contributed by atoms with Crippen molar-refractivity contribution in [3.63, 3.8) is 0 Å². The van der Waals surface area contributed by atoms with Gasteiger partial charge in [0.15, 0.2) is 0 Å². The van der Waals surface area contributed by atoms with E-state index in [4.69, 9.17) is 4.74 Å². The lowest BCUT2D eigenvalue weighted by atomic mass is 10.1. The van der Waals surface area contributed by atoms with Gasteiger partial charge in [-0.25, -0.2) is 4.79 Å². The number of anilines is 2. The average molecular weight is 383 g/mol. The summed E-state index contributed by atoms with van der Waals surface area (Å²) < 4.78 is 4.73. The molecule has 1 heterocycles. The van der Waals surface area contributed by atoms with Crippen LogP contribution in [0.25, 0.3) is 0 Å². The number of rotatable bonds is 5. The monoisotopic (exact) mass is 383 g/mol. The Kier molecular flexibility index (Phi) is 6.16. The number of benzene rings is 2. The number of nitrogens with zero attached hydrogens (tertiary/aromatic N) is 2. The number of carbonyl (C=O) groups excluding carboxylic acids is 2. The van der Waals surface area contributed by atoms with E-state index in [-0.39, 0.29) is 11.7 Å². The van der Waals surface area contributed by atoms with Crippen LogP contribution in [0.3, 0.4) is 0 Å². The molecule has 0 bridgehead atoms. The van der Waals surface area contributed by atoms with Gasteiger partial charge in [0.1, 0.15) is 5.75 Å². The predicted molar refractivity (Wildman–Crippen MR) is 108 cm³/mol. The molecule has 7 heteroatoms. The van der Waals surface area contributed by atoms with Crippen molar-refractivity contribution >= 4 is 23.3 Å². The molecule has 1 aliphatic heterocycles. The molecule has 0 aromatic heterocycles. The van der Waals surface area contributed by atoms with Crippen LogP contribution in [-0.4, -0.2) is 61.7 Å². The van der Waals surface area contributed by atoms with Gasteiger partial charge in [-0.2, -0.15) is 0 Å². The molecule has 28 heavy (non-hydrogen) atoms. The van der Waals surface area contributed by atoms with Crippen molar-refractivity contribution < 1.29 is 19.4 Å². The maximum atomic E-state index is 12.5. The van der Waals surface area contributed by atoms with Crippen LogP contribution in [-0.2, 0) is 9.53 Å². The van der Waals surface area contributed by atoms with E-state index in [0.717, 1.165) is 37.4 Å². The topological polar surface area (TPSA) is 82.1 Å². The minimum absolute atomic E-state index is 0.108. The second-order valence-electron chi connectivity index (χ2n) is 6.85. The minimum atomic E-state index is -0.430. The molecule has 0 unspecified atom stereocenters. The number of aryl methyl sites for hydroxylation is 1. The number of esters is 1. The minimum Gasteiger partial charge on any atom is -0.508 e. The zero-order valence-corrected chi connectivity index (χ0v) is 16.1. The highest BCUT2D eigenvalue weighted by atomic mass is 16.5. The Balaban J connectivity index is 1.53. The number of methoxy groups -OCH3 is 1. The Hall–Kier alpha value is -3.06. The maximum Gasteiger partial charge on any atom is 0.337 e. The molecule has 0 aliphatic carbocycles. The van der Waals surface area contributed by atoms with E-state index in [1.165, 1.54) is 7.11 Å². The second kappa shape index (κ2) is 8.75. The second-order valence-corrected chi connectivity index (χ2v) is 6.85. The van der Waals surface area contributed by atoms with Crippen molar-refractivity contribution in [3.05, 3.63) is 53.6 Å². The van der Waals surface area contributed by atoms with Crippen LogP contribution in [0.5, 0.6) is 5.75 Å². The third-order valence-corrected chi connectivity index (χ3v) is 4.89. The summed E-state index contributed by atoms with van der Waals surface area (Å²) in [5.74, 6) is -0.283. The summed E-state index contributed by atoms with van der Waals surface area (Å²) in [6.45, 7) is 5.35. The molecule has 2 aromatic carbocycles. The normalized spacial score (nSPS) is 14.6. The first-order valence-electron chi connectivity index (χ1n) is 9.21. The van der Waals surface area contributed by atoms with Gasteiger partial charge in [0.05, 0.1) is 19.2 Å². The lowest BCUT2D eigenvalue weighted by molar-refractivity contribution is -0.117. The smallest absolute Gasteiger partial charge is 0.337 e. The predicted octanol–water partition coefficient (Wildman–Crippen LogP) is 2.25. The van der Waals surface area contributed by atoms with Crippen LogP contribution in [0.2, 0.25) is 0 Å². The van der Waals surface area contributed by atoms with Crippen LogP contribution in [0.1, 0.15) is 15.9 Å². The highest BCUT2D eigenvalue weighted by molar-refractivity contribution is 5.96. The number of hydrogen-bond donors (Lipinski definition) is 2. The van der Waals surface area contributed by atoms with E-state index in [9.17, 15) is 14.7 Å². The summed E-state index contributed by atoms with van der Waals surface area (Å²) in [4.78, 5) is 28.5. The zero-order chi connectivity index (χ0) is 20.1. The van der Waals surface area contributed by atoms with Gasteiger partial charge in [-0.05, 0) is 48.9 Å². The van der Waals surface area contributed by atoms with Crippen molar-refractivity contribution in [1.82, 2.24) is 4.90 Å². The van der Waals surface area contributed by atoms with Gasteiger partial charge < -0.3 is 20.1 Å². The molecule has 2 N–H and O–H groups in total. The number of hydrogen-bond acceptors (Lipinski definition) is 6. The highest BCUT2D eigenvalue weighted by Gasteiger charge is 2.20. The van der Waals surface area contributed by atoms with Gasteiger partial charge >= 0.3 is 5.97 Å². The fourth-order valence-corrected chi connectivity index (χ4v) is 3.22. The summed E-state index contributed by atoms with van der Waals surface area (Å²) in [5, 5.41) is 12.3. The summed E-state index contributed by atoms with van der Waals surface area (Å²) in [6.07, 6.45) is 0. The molecule has 2 aromatic rings. The molecule has 3 rings (SSSR count). The number of aromatic hydroxyl groups is 1. The molecule has 148 valence electrons.